The van der Waals surface area contributed by atoms with Crippen molar-refractivity contribution in [2.45, 2.75) is 19.5 Å². The highest BCUT2D eigenvalue weighted by Gasteiger charge is 2.46. The maximum absolute atomic E-state index is 14.2. The largest absolute Gasteiger partial charge is 0.299 e. The lowest BCUT2D eigenvalue weighted by Crippen LogP contribution is -2.29. The van der Waals surface area contributed by atoms with Gasteiger partial charge in [-0.2, -0.15) is 0 Å². The molecule has 4 rings (SSSR count). The van der Waals surface area contributed by atoms with Crippen LogP contribution in [0.2, 0.25) is 5.02 Å². The Hall–Kier alpha value is -1.13. The second-order valence-electron chi connectivity index (χ2n) is 7.57. The predicted molar refractivity (Wildman–Crippen MR) is 107 cm³/mol. The van der Waals surface area contributed by atoms with E-state index in [0.29, 0.717) is 30.0 Å². The Labute approximate surface area is 166 Å². The topological polar surface area (TPSA) is 6.48 Å². The second kappa shape index (κ2) is 7.85. The van der Waals surface area contributed by atoms with Crippen molar-refractivity contribution in [3.8, 4) is 0 Å². The van der Waals surface area contributed by atoms with Crippen molar-refractivity contribution >= 4 is 24.0 Å². The van der Waals surface area contributed by atoms with E-state index in [2.05, 4.69) is 48.0 Å². The Balaban J connectivity index is 0.00000196. The van der Waals surface area contributed by atoms with Crippen molar-refractivity contribution in [3.05, 3.63) is 70.0 Å². The molecule has 2 saturated heterocycles. The van der Waals surface area contributed by atoms with Gasteiger partial charge in [-0.3, -0.25) is 9.80 Å². The van der Waals surface area contributed by atoms with Gasteiger partial charge in [-0.15, -0.1) is 12.4 Å². The molecule has 2 aromatic carbocycles. The van der Waals surface area contributed by atoms with E-state index in [9.17, 15) is 4.39 Å². The molecular formula is C21H25Cl2FN2. The number of rotatable bonds is 3. The third kappa shape index (κ3) is 3.50. The summed E-state index contributed by atoms with van der Waals surface area (Å²) in [5, 5.41) is 0.217. The SMILES string of the molecule is Cc1ccccc1[C@H]1[C@@H]2CN(Cc3cccc(Cl)c3F)C[C@@H]2CN1C.Cl. The van der Waals surface area contributed by atoms with Crippen molar-refractivity contribution in [1.29, 1.82) is 0 Å². The molecule has 2 aromatic rings. The molecule has 26 heavy (non-hydrogen) atoms. The molecule has 0 spiro atoms. The van der Waals surface area contributed by atoms with Crippen molar-refractivity contribution in [2.24, 2.45) is 11.8 Å². The second-order valence-corrected chi connectivity index (χ2v) is 7.98. The zero-order valence-electron chi connectivity index (χ0n) is 15.2. The summed E-state index contributed by atoms with van der Waals surface area (Å²) in [4.78, 5) is 4.89. The molecule has 0 N–H and O–H groups in total. The number of hydrogen-bond acceptors (Lipinski definition) is 2. The Morgan fingerprint density at radius 2 is 1.85 bits per heavy atom. The van der Waals surface area contributed by atoms with Crippen LogP contribution in [0.15, 0.2) is 42.5 Å². The van der Waals surface area contributed by atoms with Crippen LogP contribution in [0, 0.1) is 24.6 Å². The summed E-state index contributed by atoms with van der Waals surface area (Å²) < 4.78 is 14.2. The highest BCUT2D eigenvalue weighted by molar-refractivity contribution is 6.30. The standard InChI is InChI=1S/C21H24ClFN2.ClH/c1-14-6-3-4-8-17(14)21-18-13-25(12-16(18)10-24(21)2)11-15-7-5-9-19(22)20(15)23;/h3-9,16,18,21H,10-13H2,1-2H3;1H/t16-,18+,21-;/m0./s1. The number of aryl methyl sites for hydroxylation is 1. The fourth-order valence-corrected chi connectivity index (χ4v) is 4.97. The van der Waals surface area contributed by atoms with Gasteiger partial charge in [0.05, 0.1) is 5.02 Å². The first-order valence-corrected chi connectivity index (χ1v) is 9.33. The van der Waals surface area contributed by atoms with Gasteiger partial charge in [-0.05, 0) is 43.0 Å². The molecule has 5 heteroatoms. The average molecular weight is 395 g/mol. The van der Waals surface area contributed by atoms with Gasteiger partial charge >= 0.3 is 0 Å². The van der Waals surface area contributed by atoms with Crippen LogP contribution in [0.25, 0.3) is 0 Å². The number of halogens is 3. The maximum Gasteiger partial charge on any atom is 0.146 e. The minimum absolute atomic E-state index is 0. The van der Waals surface area contributed by atoms with Gasteiger partial charge < -0.3 is 0 Å². The summed E-state index contributed by atoms with van der Waals surface area (Å²) >= 11 is 5.93. The zero-order valence-corrected chi connectivity index (χ0v) is 16.7. The van der Waals surface area contributed by atoms with Crippen molar-refractivity contribution in [3.63, 3.8) is 0 Å². The van der Waals surface area contributed by atoms with Crippen LogP contribution in [0.5, 0.6) is 0 Å². The summed E-state index contributed by atoms with van der Waals surface area (Å²) in [6.45, 7) is 6.00. The molecule has 2 nitrogen and oxygen atoms in total. The number of hydrogen-bond donors (Lipinski definition) is 0. The third-order valence-corrected chi connectivity index (χ3v) is 6.19. The molecule has 0 amide bonds. The lowest BCUT2D eigenvalue weighted by atomic mass is 9.88. The molecule has 0 unspecified atom stereocenters. The summed E-state index contributed by atoms with van der Waals surface area (Å²) in [5.41, 5.74) is 3.50. The fraction of sp³-hybridized carbons (Fsp3) is 0.429. The maximum atomic E-state index is 14.2. The molecule has 2 aliphatic heterocycles. The Kier molecular flexibility index (Phi) is 5.93. The van der Waals surface area contributed by atoms with Crippen LogP contribution in [0.1, 0.15) is 22.7 Å². The van der Waals surface area contributed by atoms with Gasteiger partial charge in [0.15, 0.2) is 0 Å². The van der Waals surface area contributed by atoms with Crippen LogP contribution in [-0.4, -0.2) is 36.5 Å². The number of nitrogens with zero attached hydrogens (tertiary/aromatic N) is 2. The fourth-order valence-electron chi connectivity index (χ4n) is 4.78. The predicted octanol–water partition coefficient (Wildman–Crippen LogP) is 4.94. The van der Waals surface area contributed by atoms with Gasteiger partial charge in [-0.25, -0.2) is 4.39 Å². The van der Waals surface area contributed by atoms with E-state index in [1.807, 2.05) is 12.1 Å². The first kappa shape index (κ1) is 19.6. The molecule has 2 fully saturated rings. The van der Waals surface area contributed by atoms with E-state index in [0.717, 1.165) is 19.6 Å². The zero-order chi connectivity index (χ0) is 17.6. The van der Waals surface area contributed by atoms with Gasteiger partial charge in [0.25, 0.3) is 0 Å². The van der Waals surface area contributed by atoms with Crippen LogP contribution in [0.3, 0.4) is 0 Å². The van der Waals surface area contributed by atoms with Gasteiger partial charge in [0.2, 0.25) is 0 Å². The number of likely N-dealkylation sites (tertiary alicyclic amines) is 2. The van der Waals surface area contributed by atoms with Crippen molar-refractivity contribution < 1.29 is 4.39 Å². The Bertz CT molecular complexity index is 782. The highest BCUT2D eigenvalue weighted by Crippen LogP contribution is 2.45. The monoisotopic (exact) mass is 394 g/mol. The molecule has 0 bridgehead atoms. The smallest absolute Gasteiger partial charge is 0.146 e. The van der Waals surface area contributed by atoms with E-state index in [4.69, 9.17) is 11.6 Å². The molecule has 0 aliphatic carbocycles. The average Bonchev–Trinajstić information content (AvgIpc) is 3.09. The lowest BCUT2D eigenvalue weighted by molar-refractivity contribution is 0.223. The molecule has 0 radical (unpaired) electrons. The molecule has 140 valence electrons. The Morgan fingerprint density at radius 3 is 2.62 bits per heavy atom. The summed E-state index contributed by atoms with van der Waals surface area (Å²) in [5.74, 6) is 0.985. The van der Waals surface area contributed by atoms with Crippen LogP contribution in [-0.2, 0) is 6.54 Å². The van der Waals surface area contributed by atoms with E-state index >= 15 is 0 Å². The first-order valence-electron chi connectivity index (χ1n) is 8.95. The van der Waals surface area contributed by atoms with Crippen molar-refractivity contribution in [1.82, 2.24) is 9.80 Å². The van der Waals surface area contributed by atoms with Gasteiger partial charge in [-0.1, -0.05) is 48.0 Å². The molecule has 3 atom stereocenters. The van der Waals surface area contributed by atoms with Crippen LogP contribution < -0.4 is 0 Å². The first-order chi connectivity index (χ1) is 12.0. The minimum atomic E-state index is -0.270. The van der Waals surface area contributed by atoms with E-state index in [-0.39, 0.29) is 23.2 Å². The quantitative estimate of drug-likeness (QED) is 0.726. The lowest BCUT2D eigenvalue weighted by Gasteiger charge is -2.28. The Morgan fingerprint density at radius 1 is 1.08 bits per heavy atom. The van der Waals surface area contributed by atoms with Crippen LogP contribution in [0.4, 0.5) is 4.39 Å². The minimum Gasteiger partial charge on any atom is -0.299 e. The molecule has 0 aromatic heterocycles. The molecular weight excluding hydrogens is 370 g/mol. The van der Waals surface area contributed by atoms with Crippen molar-refractivity contribution in [2.75, 3.05) is 26.7 Å². The number of fused-ring (bicyclic) bond motifs is 1. The molecule has 2 aliphatic rings. The molecule has 2 heterocycles. The summed E-state index contributed by atoms with van der Waals surface area (Å²) in [7, 11) is 2.23. The van der Waals surface area contributed by atoms with E-state index in [1.165, 1.54) is 11.1 Å². The third-order valence-electron chi connectivity index (χ3n) is 5.90. The summed E-state index contributed by atoms with van der Waals surface area (Å²) in [6, 6.07) is 14.5. The number of benzene rings is 2. The molecule has 0 saturated carbocycles. The normalized spacial score (nSPS) is 25.9. The van der Waals surface area contributed by atoms with Gasteiger partial charge in [0, 0.05) is 37.8 Å². The highest BCUT2D eigenvalue weighted by atomic mass is 35.5. The van der Waals surface area contributed by atoms with Gasteiger partial charge in [0.1, 0.15) is 5.82 Å². The van der Waals surface area contributed by atoms with E-state index < -0.39 is 0 Å². The van der Waals surface area contributed by atoms with E-state index in [1.54, 1.807) is 6.07 Å². The van der Waals surface area contributed by atoms with Crippen LogP contribution >= 0.6 is 24.0 Å². The summed E-state index contributed by atoms with van der Waals surface area (Å²) in [6.07, 6.45) is 0.